The van der Waals surface area contributed by atoms with E-state index in [1.165, 1.54) is 48.9 Å². The van der Waals surface area contributed by atoms with Crippen LogP contribution in [0, 0.1) is 11.8 Å². The fourth-order valence-electron chi connectivity index (χ4n) is 4.14. The van der Waals surface area contributed by atoms with E-state index in [9.17, 15) is 29.4 Å². The minimum atomic E-state index is -0.812. The summed E-state index contributed by atoms with van der Waals surface area (Å²) >= 11 is 0. The Kier molecular flexibility index (Phi) is 11.8. The summed E-state index contributed by atoms with van der Waals surface area (Å²) in [7, 11) is 0. The predicted octanol–water partition coefficient (Wildman–Crippen LogP) is 4.05. The lowest BCUT2D eigenvalue weighted by Crippen LogP contribution is -2.30. The van der Waals surface area contributed by atoms with Crippen LogP contribution in [0.5, 0.6) is 23.0 Å². The molecule has 0 bridgehead atoms. The summed E-state index contributed by atoms with van der Waals surface area (Å²) in [6.45, 7) is 6.82. The Morgan fingerprint density at radius 2 is 1.05 bits per heavy atom. The van der Waals surface area contributed by atoms with Crippen LogP contribution in [0.2, 0.25) is 0 Å². The average Bonchev–Trinajstić information content (AvgIpc) is 2.99. The third-order valence-corrected chi connectivity index (χ3v) is 6.31. The van der Waals surface area contributed by atoms with Crippen LogP contribution in [0.25, 0.3) is 0 Å². The summed E-state index contributed by atoms with van der Waals surface area (Å²) in [5.74, 6) is -4.23. The zero-order valence-electron chi connectivity index (χ0n) is 22.8. The molecular formula is C30H32O12. The lowest BCUT2D eigenvalue weighted by molar-refractivity contribution is -0.145. The molecule has 42 heavy (non-hydrogen) atoms. The lowest BCUT2D eigenvalue weighted by Gasteiger charge is -2.26. The van der Waals surface area contributed by atoms with Crippen LogP contribution < -0.4 is 9.47 Å². The maximum absolute atomic E-state index is 12.8. The van der Waals surface area contributed by atoms with Crippen LogP contribution >= 0.6 is 0 Å². The molecule has 12 nitrogen and oxygen atoms in total. The second kappa shape index (κ2) is 15.7. The van der Waals surface area contributed by atoms with Gasteiger partial charge in [0.2, 0.25) is 0 Å². The molecule has 0 amide bonds. The molecule has 0 aromatic heterocycles. The van der Waals surface area contributed by atoms with Crippen molar-refractivity contribution in [1.82, 2.24) is 0 Å². The molecule has 1 aliphatic carbocycles. The van der Waals surface area contributed by atoms with Gasteiger partial charge in [0.15, 0.2) is 0 Å². The predicted molar refractivity (Wildman–Crippen MR) is 146 cm³/mol. The van der Waals surface area contributed by atoms with Gasteiger partial charge in [0.05, 0.1) is 24.4 Å². The van der Waals surface area contributed by atoms with E-state index in [1.807, 2.05) is 0 Å². The first kappa shape index (κ1) is 31.5. The molecule has 0 saturated heterocycles. The quantitative estimate of drug-likeness (QED) is 0.142. The molecule has 0 aliphatic heterocycles. The summed E-state index contributed by atoms with van der Waals surface area (Å²) in [4.78, 5) is 50.0. The van der Waals surface area contributed by atoms with E-state index in [1.54, 1.807) is 0 Å². The molecule has 2 aromatic carbocycles. The molecule has 3 rings (SSSR count). The monoisotopic (exact) mass is 584 g/mol. The fourth-order valence-corrected chi connectivity index (χ4v) is 4.14. The highest BCUT2D eigenvalue weighted by Gasteiger charge is 2.32. The Morgan fingerprint density at radius 1 is 0.667 bits per heavy atom. The first-order valence-corrected chi connectivity index (χ1v) is 13.1. The molecule has 0 unspecified atom stereocenters. The van der Waals surface area contributed by atoms with Gasteiger partial charge in [0, 0.05) is 0 Å². The third kappa shape index (κ3) is 9.01. The molecule has 0 spiro atoms. The molecule has 1 saturated carbocycles. The van der Waals surface area contributed by atoms with Gasteiger partial charge in [-0.15, -0.1) is 0 Å². The van der Waals surface area contributed by atoms with E-state index in [2.05, 4.69) is 13.2 Å². The van der Waals surface area contributed by atoms with Crippen molar-refractivity contribution in [2.24, 2.45) is 11.8 Å². The number of benzene rings is 2. The minimum absolute atomic E-state index is 0.0588. The van der Waals surface area contributed by atoms with Crippen molar-refractivity contribution in [2.45, 2.75) is 25.7 Å². The van der Waals surface area contributed by atoms with Crippen molar-refractivity contribution >= 4 is 23.9 Å². The van der Waals surface area contributed by atoms with Crippen molar-refractivity contribution in [1.29, 1.82) is 0 Å². The van der Waals surface area contributed by atoms with Crippen LogP contribution in [0.15, 0.2) is 62.1 Å². The van der Waals surface area contributed by atoms with Gasteiger partial charge in [-0.2, -0.15) is 0 Å². The average molecular weight is 585 g/mol. The second-order valence-electron chi connectivity index (χ2n) is 9.10. The van der Waals surface area contributed by atoms with Gasteiger partial charge < -0.3 is 38.6 Å². The number of hydrogen-bond acceptors (Lipinski definition) is 12. The molecule has 0 radical (unpaired) electrons. The third-order valence-electron chi connectivity index (χ3n) is 6.31. The molecule has 2 aromatic rings. The van der Waals surface area contributed by atoms with E-state index in [4.69, 9.17) is 28.4 Å². The molecular weight excluding hydrogens is 552 g/mol. The highest BCUT2D eigenvalue weighted by molar-refractivity contribution is 5.93. The first-order valence-electron chi connectivity index (χ1n) is 13.1. The molecule has 0 heterocycles. The van der Waals surface area contributed by atoms with Crippen molar-refractivity contribution in [3.05, 3.63) is 73.2 Å². The Labute approximate surface area is 242 Å². The number of phenolic OH excluding ortho intramolecular Hbond substituents is 2. The fraction of sp³-hybridized carbons (Fsp3) is 0.333. The largest absolute Gasteiger partial charge is 0.507 e. The number of ether oxygens (including phenoxy) is 6. The standard InChI is InChI=1S/C30H32O12/c1-3-37-13-15-39-29(35)23-17-21(9-11-25(23)31)41-27(33)19-5-7-20(8-6-19)28(34)42-22-10-12-26(32)24(18-22)30(36)40-16-14-38-4-2/h3-4,9-12,17-20,31-32H,1-2,5-8,13-16H2. The summed E-state index contributed by atoms with van der Waals surface area (Å²) < 4.78 is 30.6. The Morgan fingerprint density at radius 3 is 1.40 bits per heavy atom. The van der Waals surface area contributed by atoms with Gasteiger partial charge in [-0.3, -0.25) is 9.59 Å². The molecule has 1 fully saturated rings. The van der Waals surface area contributed by atoms with Crippen LogP contribution in [-0.4, -0.2) is 60.5 Å². The number of carbonyl (C=O) groups is 4. The van der Waals surface area contributed by atoms with Gasteiger partial charge in [-0.25, -0.2) is 9.59 Å². The zero-order valence-corrected chi connectivity index (χ0v) is 22.8. The summed E-state index contributed by atoms with van der Waals surface area (Å²) in [5, 5.41) is 20.0. The molecule has 2 N–H and O–H groups in total. The molecule has 12 heteroatoms. The van der Waals surface area contributed by atoms with E-state index in [0.29, 0.717) is 25.7 Å². The lowest BCUT2D eigenvalue weighted by atomic mass is 9.82. The van der Waals surface area contributed by atoms with Crippen LogP contribution in [-0.2, 0) is 28.5 Å². The highest BCUT2D eigenvalue weighted by Crippen LogP contribution is 2.33. The molecule has 1 aliphatic rings. The van der Waals surface area contributed by atoms with Crippen molar-refractivity contribution in [3.8, 4) is 23.0 Å². The van der Waals surface area contributed by atoms with Gasteiger partial charge in [-0.1, -0.05) is 13.2 Å². The number of hydrogen-bond donors (Lipinski definition) is 2. The number of phenols is 2. The number of rotatable bonds is 14. The van der Waals surface area contributed by atoms with E-state index >= 15 is 0 Å². The van der Waals surface area contributed by atoms with Crippen LogP contribution in [0.3, 0.4) is 0 Å². The van der Waals surface area contributed by atoms with E-state index < -0.39 is 35.7 Å². The Hall–Kier alpha value is -5.00. The van der Waals surface area contributed by atoms with Crippen LogP contribution in [0.4, 0.5) is 0 Å². The SMILES string of the molecule is C=COCCOC(=O)c1cc(OC(=O)C2CCC(C(=O)Oc3ccc(O)c(C(=O)OCCOC=C)c3)CC2)ccc1O. The topological polar surface area (TPSA) is 164 Å². The maximum Gasteiger partial charge on any atom is 0.342 e. The van der Waals surface area contributed by atoms with Gasteiger partial charge >= 0.3 is 23.9 Å². The number of esters is 4. The van der Waals surface area contributed by atoms with Gasteiger partial charge in [0.25, 0.3) is 0 Å². The van der Waals surface area contributed by atoms with E-state index in [0.717, 1.165) is 0 Å². The summed E-state index contributed by atoms with van der Waals surface area (Å²) in [6, 6.07) is 7.57. The van der Waals surface area contributed by atoms with Crippen molar-refractivity contribution < 1.29 is 57.8 Å². The van der Waals surface area contributed by atoms with Gasteiger partial charge in [-0.05, 0) is 62.1 Å². The first-order chi connectivity index (χ1) is 20.2. The minimum Gasteiger partial charge on any atom is -0.507 e. The number of aromatic hydroxyl groups is 2. The van der Waals surface area contributed by atoms with Crippen molar-refractivity contribution in [3.63, 3.8) is 0 Å². The summed E-state index contributed by atoms with van der Waals surface area (Å²) in [6.07, 6.45) is 3.84. The number of carbonyl (C=O) groups excluding carboxylic acids is 4. The van der Waals surface area contributed by atoms with Gasteiger partial charge in [0.1, 0.15) is 60.6 Å². The Balaban J connectivity index is 1.51. The highest BCUT2D eigenvalue weighted by atomic mass is 16.6. The van der Waals surface area contributed by atoms with Crippen molar-refractivity contribution in [2.75, 3.05) is 26.4 Å². The normalized spacial score (nSPS) is 15.9. The smallest absolute Gasteiger partial charge is 0.342 e. The summed E-state index contributed by atoms with van der Waals surface area (Å²) in [5.41, 5.74) is -0.338. The Bertz CT molecular complexity index is 1190. The second-order valence-corrected chi connectivity index (χ2v) is 9.10. The zero-order chi connectivity index (χ0) is 30.5. The molecule has 224 valence electrons. The van der Waals surface area contributed by atoms with E-state index in [-0.39, 0.29) is 60.6 Å². The van der Waals surface area contributed by atoms with Crippen LogP contribution in [0.1, 0.15) is 46.4 Å². The maximum atomic E-state index is 12.8. The molecule has 0 atom stereocenters.